The Balaban J connectivity index is 1.55. The normalized spacial score (nSPS) is 11.3. The van der Waals surface area contributed by atoms with Crippen molar-refractivity contribution in [2.24, 2.45) is 17.3 Å². The first kappa shape index (κ1) is 16.4. The number of aromatic nitrogens is 1. The molecule has 0 radical (unpaired) electrons. The molecule has 0 aliphatic carbocycles. The lowest BCUT2D eigenvalue weighted by Crippen LogP contribution is -2.25. The zero-order valence-corrected chi connectivity index (χ0v) is 15.5. The summed E-state index contributed by atoms with van der Waals surface area (Å²) in [6.45, 7) is 0. The van der Waals surface area contributed by atoms with Gasteiger partial charge in [-0.3, -0.25) is 0 Å². The first-order valence-corrected chi connectivity index (χ1v) is 9.22. The molecule has 0 N–H and O–H groups in total. The van der Waals surface area contributed by atoms with Crippen LogP contribution in [0, 0.1) is 0 Å². The average Bonchev–Trinajstić information content (AvgIpc) is 3.03. The summed E-state index contributed by atoms with van der Waals surface area (Å²) < 4.78 is 3.28. The summed E-state index contributed by atoms with van der Waals surface area (Å²) >= 11 is 1.64. The van der Waals surface area contributed by atoms with Crippen molar-refractivity contribution in [1.29, 1.82) is 0 Å². The van der Waals surface area contributed by atoms with E-state index in [1.165, 1.54) is 10.2 Å². The molecule has 0 saturated heterocycles. The molecule has 0 amide bonds. The van der Waals surface area contributed by atoms with E-state index in [9.17, 15) is 0 Å². The van der Waals surface area contributed by atoms with Gasteiger partial charge in [-0.1, -0.05) is 30.3 Å². The van der Waals surface area contributed by atoms with Crippen molar-refractivity contribution in [3.8, 4) is 0 Å². The molecule has 0 fully saturated rings. The van der Waals surface area contributed by atoms with Crippen molar-refractivity contribution in [1.82, 2.24) is 0 Å². The van der Waals surface area contributed by atoms with E-state index in [1.54, 1.807) is 11.3 Å². The molecule has 3 aromatic carbocycles. The number of hydrogen-bond donors (Lipinski definition) is 0. The minimum absolute atomic E-state index is 0.840. The number of benzene rings is 3. The summed E-state index contributed by atoms with van der Waals surface area (Å²) in [7, 11) is 4.08. The number of rotatable bonds is 4. The Morgan fingerprint density at radius 2 is 1.42 bits per heavy atom. The van der Waals surface area contributed by atoms with Gasteiger partial charge in [-0.05, 0) is 65.0 Å². The molecule has 1 aromatic heterocycles. The zero-order valence-electron chi connectivity index (χ0n) is 14.7. The standard InChI is InChI=1S/C21H19N4S/c1-24(17-8-4-3-5-9-17)18-14-12-16(13-15-18)22-23-21-25(2)19-10-6-7-11-20(19)26-21/h3-15H,1-2H3/q+1. The lowest BCUT2D eigenvalue weighted by Gasteiger charge is -2.19. The van der Waals surface area contributed by atoms with Gasteiger partial charge in [0.1, 0.15) is 11.2 Å². The topological polar surface area (TPSA) is 31.8 Å². The van der Waals surface area contributed by atoms with Crippen molar-refractivity contribution >= 4 is 43.7 Å². The van der Waals surface area contributed by atoms with Crippen LogP contribution in [0.5, 0.6) is 0 Å². The molecule has 0 unspecified atom stereocenters. The maximum atomic E-state index is 4.44. The summed E-state index contributed by atoms with van der Waals surface area (Å²) in [6, 6.07) is 26.7. The van der Waals surface area contributed by atoms with E-state index < -0.39 is 0 Å². The van der Waals surface area contributed by atoms with Crippen LogP contribution in [0.15, 0.2) is 89.1 Å². The summed E-state index contributed by atoms with van der Waals surface area (Å²) in [5.41, 5.74) is 4.28. The monoisotopic (exact) mass is 359 g/mol. The number of anilines is 2. The van der Waals surface area contributed by atoms with Crippen molar-refractivity contribution in [3.05, 3.63) is 78.9 Å². The van der Waals surface area contributed by atoms with E-state index in [4.69, 9.17) is 0 Å². The van der Waals surface area contributed by atoms with Crippen LogP contribution in [-0.2, 0) is 7.05 Å². The van der Waals surface area contributed by atoms with E-state index in [0.29, 0.717) is 0 Å². The summed E-state index contributed by atoms with van der Waals surface area (Å²) in [5.74, 6) is 0. The van der Waals surface area contributed by atoms with Gasteiger partial charge in [-0.2, -0.15) is 0 Å². The predicted molar refractivity (Wildman–Crippen MR) is 108 cm³/mol. The zero-order chi connectivity index (χ0) is 17.9. The van der Waals surface area contributed by atoms with Gasteiger partial charge >= 0.3 is 5.13 Å². The Morgan fingerprint density at radius 3 is 2.15 bits per heavy atom. The van der Waals surface area contributed by atoms with Crippen LogP contribution in [0.25, 0.3) is 10.2 Å². The van der Waals surface area contributed by atoms with E-state index in [2.05, 4.69) is 63.1 Å². The Kier molecular flexibility index (Phi) is 4.46. The van der Waals surface area contributed by atoms with Gasteiger partial charge in [0.05, 0.1) is 16.9 Å². The third-order valence-corrected chi connectivity index (χ3v) is 5.45. The third kappa shape index (κ3) is 3.21. The number of fused-ring (bicyclic) bond motifs is 1. The quantitative estimate of drug-likeness (QED) is 0.329. The SMILES string of the molecule is CN(c1ccccc1)c1ccc(N=Nc2sc3ccccc3[n+]2C)cc1. The molecule has 5 heteroatoms. The van der Waals surface area contributed by atoms with Crippen molar-refractivity contribution in [2.45, 2.75) is 0 Å². The van der Waals surface area contributed by atoms with E-state index in [-0.39, 0.29) is 0 Å². The van der Waals surface area contributed by atoms with Crippen molar-refractivity contribution in [2.75, 3.05) is 11.9 Å². The minimum Gasteiger partial charge on any atom is -0.345 e. The highest BCUT2D eigenvalue weighted by Crippen LogP contribution is 2.29. The molecule has 0 spiro atoms. The molecule has 128 valence electrons. The van der Waals surface area contributed by atoms with E-state index in [0.717, 1.165) is 22.2 Å². The molecule has 0 bridgehead atoms. The Hall–Kier alpha value is -3.05. The largest absolute Gasteiger partial charge is 0.409 e. The second-order valence-corrected chi connectivity index (χ2v) is 7.03. The molecule has 0 saturated carbocycles. The lowest BCUT2D eigenvalue weighted by atomic mass is 10.2. The van der Waals surface area contributed by atoms with Gasteiger partial charge in [0, 0.05) is 18.4 Å². The fourth-order valence-corrected chi connectivity index (χ4v) is 3.79. The number of aryl methyl sites for hydroxylation is 1. The highest BCUT2D eigenvalue weighted by molar-refractivity contribution is 7.21. The van der Waals surface area contributed by atoms with Gasteiger partial charge in [0.15, 0.2) is 0 Å². The highest BCUT2D eigenvalue weighted by Gasteiger charge is 2.15. The Bertz CT molecular complexity index is 1050. The molecule has 1 heterocycles. The van der Waals surface area contributed by atoms with Crippen LogP contribution >= 0.6 is 11.3 Å². The van der Waals surface area contributed by atoms with Crippen LogP contribution in [0.4, 0.5) is 22.2 Å². The molecule has 0 aliphatic heterocycles. The molecule has 4 nitrogen and oxygen atoms in total. The van der Waals surface area contributed by atoms with Crippen LogP contribution in [0.2, 0.25) is 0 Å². The third-order valence-electron chi connectivity index (χ3n) is 4.35. The van der Waals surface area contributed by atoms with Gasteiger partial charge in [-0.25, -0.2) is 4.57 Å². The van der Waals surface area contributed by atoms with Crippen LogP contribution in [0.3, 0.4) is 0 Å². The Labute approximate surface area is 156 Å². The van der Waals surface area contributed by atoms with Crippen LogP contribution in [-0.4, -0.2) is 7.05 Å². The maximum absolute atomic E-state index is 4.44. The maximum Gasteiger partial charge on any atom is 0.409 e. The van der Waals surface area contributed by atoms with Crippen LogP contribution < -0.4 is 9.47 Å². The molecule has 0 aliphatic rings. The van der Waals surface area contributed by atoms with Gasteiger partial charge in [-0.15, -0.1) is 0 Å². The summed E-state index contributed by atoms with van der Waals surface area (Å²) in [6.07, 6.45) is 0. The summed E-state index contributed by atoms with van der Waals surface area (Å²) in [5, 5.41) is 9.73. The number of para-hydroxylation sites is 2. The Morgan fingerprint density at radius 1 is 0.769 bits per heavy atom. The number of azo groups is 1. The minimum atomic E-state index is 0.840. The second kappa shape index (κ2) is 7.06. The van der Waals surface area contributed by atoms with Gasteiger partial charge in [0.2, 0.25) is 0 Å². The van der Waals surface area contributed by atoms with E-state index >= 15 is 0 Å². The second-order valence-electron chi connectivity index (χ2n) is 6.02. The smallest absolute Gasteiger partial charge is 0.345 e. The highest BCUT2D eigenvalue weighted by atomic mass is 32.1. The molecule has 26 heavy (non-hydrogen) atoms. The van der Waals surface area contributed by atoms with Gasteiger partial charge < -0.3 is 4.90 Å². The molecule has 0 atom stereocenters. The molecular weight excluding hydrogens is 340 g/mol. The predicted octanol–water partition coefficient (Wildman–Crippen LogP) is 5.91. The summed E-state index contributed by atoms with van der Waals surface area (Å²) in [4.78, 5) is 2.15. The molecule has 4 aromatic rings. The van der Waals surface area contributed by atoms with E-state index in [1.807, 2.05) is 49.5 Å². The van der Waals surface area contributed by atoms with Gasteiger partial charge in [0.25, 0.3) is 0 Å². The van der Waals surface area contributed by atoms with Crippen molar-refractivity contribution in [3.63, 3.8) is 0 Å². The molecular formula is C21H19N4S+. The van der Waals surface area contributed by atoms with Crippen LogP contribution in [0.1, 0.15) is 0 Å². The molecule has 4 rings (SSSR count). The fourth-order valence-electron chi connectivity index (χ4n) is 2.82. The number of thiazole rings is 1. The number of hydrogen-bond acceptors (Lipinski definition) is 4. The van der Waals surface area contributed by atoms with Crippen molar-refractivity contribution < 1.29 is 4.57 Å². The first-order chi connectivity index (χ1) is 12.7. The lowest BCUT2D eigenvalue weighted by molar-refractivity contribution is -0.627. The first-order valence-electron chi connectivity index (χ1n) is 8.40. The number of nitrogens with zero attached hydrogens (tertiary/aromatic N) is 4. The fraction of sp³-hybridized carbons (Fsp3) is 0.0952. The average molecular weight is 359 g/mol.